The molecule has 1 aliphatic rings. The lowest BCUT2D eigenvalue weighted by Gasteiger charge is -2.29. The summed E-state index contributed by atoms with van der Waals surface area (Å²) < 4.78 is 5.37. The first-order chi connectivity index (χ1) is 17.6. The van der Waals surface area contributed by atoms with E-state index in [1.165, 1.54) is 33.7 Å². The van der Waals surface area contributed by atoms with Crippen molar-refractivity contribution in [1.82, 2.24) is 25.6 Å². The molecule has 2 aromatic carbocycles. The third-order valence-corrected chi connectivity index (χ3v) is 7.14. The van der Waals surface area contributed by atoms with Crippen molar-refractivity contribution in [3.05, 3.63) is 88.4 Å². The zero-order valence-corrected chi connectivity index (χ0v) is 20.5. The smallest absolute Gasteiger partial charge is 0.267 e. The number of carbonyl (C=O) groups is 1. The van der Waals surface area contributed by atoms with E-state index < -0.39 is 5.91 Å². The minimum atomic E-state index is -0.536. The van der Waals surface area contributed by atoms with Crippen LogP contribution in [-0.4, -0.2) is 44.9 Å². The van der Waals surface area contributed by atoms with Crippen LogP contribution in [0.1, 0.15) is 46.0 Å². The van der Waals surface area contributed by atoms with Crippen LogP contribution in [0.2, 0.25) is 0 Å². The number of nitrogens with one attached hydrogen (secondary N) is 3. The lowest BCUT2D eigenvalue weighted by molar-refractivity contribution is -0.124. The van der Waals surface area contributed by atoms with E-state index in [-0.39, 0.29) is 0 Å². The van der Waals surface area contributed by atoms with Crippen LogP contribution in [0.25, 0.3) is 17.0 Å². The molecule has 186 valence electrons. The fourth-order valence-corrected chi connectivity index (χ4v) is 5.17. The Hall–Kier alpha value is -3.88. The van der Waals surface area contributed by atoms with Gasteiger partial charge in [0.25, 0.3) is 5.91 Å². The van der Waals surface area contributed by atoms with Gasteiger partial charge in [-0.3, -0.25) is 20.0 Å². The summed E-state index contributed by atoms with van der Waals surface area (Å²) in [5.74, 6) is 0.312. The highest BCUT2D eigenvalue weighted by molar-refractivity contribution is 5.90. The van der Waals surface area contributed by atoms with E-state index >= 15 is 0 Å². The van der Waals surface area contributed by atoms with Gasteiger partial charge in [-0.2, -0.15) is 5.10 Å². The molecule has 1 amide bonds. The van der Waals surface area contributed by atoms with Crippen molar-refractivity contribution in [1.29, 1.82) is 0 Å². The van der Waals surface area contributed by atoms with Gasteiger partial charge >= 0.3 is 0 Å². The Balaban J connectivity index is 1.39. The van der Waals surface area contributed by atoms with Crippen LogP contribution in [0, 0.1) is 6.92 Å². The Labute approximate surface area is 209 Å². The molecule has 4 aromatic rings. The third kappa shape index (κ3) is 4.91. The lowest BCUT2D eigenvalue weighted by Crippen LogP contribution is -2.29. The third-order valence-electron chi connectivity index (χ3n) is 7.14. The standard InChI is InChI=1S/C28H31N5O3/c1-18-22(16-30-31-18)17-33(12-11-21-15-29-26-14-23(36-2)6-8-24(21)26)27-9-5-20-13-19(3-7-25(20)27)4-10-28(34)32-35/h3-4,6-8,10,13-16,27,29,35H,5,9,11-12,17H2,1-2H3,(H,30,31)(H,32,34)/b10-4+. The van der Waals surface area contributed by atoms with Crippen LogP contribution in [0.5, 0.6) is 5.75 Å². The van der Waals surface area contributed by atoms with Gasteiger partial charge in [-0.05, 0) is 66.6 Å². The summed E-state index contributed by atoms with van der Waals surface area (Å²) in [5.41, 5.74) is 9.91. The number of amides is 1. The number of methoxy groups -OCH3 is 1. The van der Waals surface area contributed by atoms with Gasteiger partial charge in [0.2, 0.25) is 0 Å². The number of fused-ring (bicyclic) bond motifs is 2. The lowest BCUT2D eigenvalue weighted by atomic mass is 10.0. The maximum Gasteiger partial charge on any atom is 0.267 e. The molecule has 0 radical (unpaired) electrons. The van der Waals surface area contributed by atoms with Crippen molar-refractivity contribution in [2.24, 2.45) is 0 Å². The van der Waals surface area contributed by atoms with Crippen LogP contribution in [0.4, 0.5) is 0 Å². The first kappa shape index (κ1) is 23.8. The summed E-state index contributed by atoms with van der Waals surface area (Å²) in [4.78, 5) is 17.3. The molecule has 0 saturated carbocycles. The van der Waals surface area contributed by atoms with Crippen molar-refractivity contribution in [3.8, 4) is 5.75 Å². The summed E-state index contributed by atoms with van der Waals surface area (Å²) in [7, 11) is 1.69. The van der Waals surface area contributed by atoms with Crippen LogP contribution in [0.3, 0.4) is 0 Å². The number of aromatic amines is 2. The Morgan fingerprint density at radius 2 is 2.17 bits per heavy atom. The zero-order chi connectivity index (χ0) is 25.1. The highest BCUT2D eigenvalue weighted by Gasteiger charge is 2.28. The van der Waals surface area contributed by atoms with Gasteiger partial charge in [0.05, 0.1) is 13.3 Å². The average Bonchev–Trinajstić information content (AvgIpc) is 3.62. The SMILES string of the molecule is COc1ccc2c(CCN(Cc3cn[nH]c3C)C3CCc4cc(/C=C/C(=O)NO)ccc43)c[nH]c2c1. The molecule has 1 unspecified atom stereocenters. The van der Waals surface area contributed by atoms with Gasteiger partial charge in [0, 0.05) is 59.6 Å². The number of hydrogen-bond donors (Lipinski definition) is 4. The molecule has 0 bridgehead atoms. The van der Waals surface area contributed by atoms with Gasteiger partial charge in [-0.1, -0.05) is 18.2 Å². The Kier molecular flexibility index (Phi) is 6.88. The number of carbonyl (C=O) groups excluding carboxylic acids is 1. The van der Waals surface area contributed by atoms with Crippen molar-refractivity contribution in [3.63, 3.8) is 0 Å². The maximum atomic E-state index is 11.4. The fourth-order valence-electron chi connectivity index (χ4n) is 5.17. The number of benzene rings is 2. The van der Waals surface area contributed by atoms with Crippen LogP contribution in [0.15, 0.2) is 54.9 Å². The molecule has 4 N–H and O–H groups in total. The highest BCUT2D eigenvalue weighted by atomic mass is 16.5. The zero-order valence-electron chi connectivity index (χ0n) is 20.5. The van der Waals surface area contributed by atoms with E-state index in [0.29, 0.717) is 6.04 Å². The van der Waals surface area contributed by atoms with Crippen molar-refractivity contribution in [2.75, 3.05) is 13.7 Å². The minimum absolute atomic E-state index is 0.304. The summed E-state index contributed by atoms with van der Waals surface area (Å²) in [6.45, 7) is 3.80. The number of aromatic nitrogens is 3. The van der Waals surface area contributed by atoms with Gasteiger partial charge in [0.15, 0.2) is 0 Å². The Morgan fingerprint density at radius 3 is 2.94 bits per heavy atom. The molecule has 1 atom stereocenters. The van der Waals surface area contributed by atoms with Crippen molar-refractivity contribution in [2.45, 2.75) is 38.8 Å². The molecule has 8 nitrogen and oxygen atoms in total. The molecular formula is C28H31N5O3. The molecule has 1 aliphatic carbocycles. The number of H-pyrrole nitrogens is 2. The van der Waals surface area contributed by atoms with Gasteiger partial charge in [-0.15, -0.1) is 0 Å². The normalized spacial score (nSPS) is 15.2. The van der Waals surface area contributed by atoms with Gasteiger partial charge < -0.3 is 9.72 Å². The number of ether oxygens (including phenoxy) is 1. The Morgan fingerprint density at radius 1 is 1.28 bits per heavy atom. The second-order valence-corrected chi connectivity index (χ2v) is 9.29. The van der Waals surface area contributed by atoms with E-state index in [4.69, 9.17) is 9.94 Å². The summed E-state index contributed by atoms with van der Waals surface area (Å²) in [6.07, 6.45) is 10.0. The molecule has 0 saturated heterocycles. The van der Waals surface area contributed by atoms with E-state index in [1.807, 2.05) is 24.4 Å². The molecule has 0 fully saturated rings. The molecule has 2 aromatic heterocycles. The van der Waals surface area contributed by atoms with E-state index in [9.17, 15) is 4.79 Å². The Bertz CT molecular complexity index is 1400. The largest absolute Gasteiger partial charge is 0.497 e. The molecule has 5 rings (SSSR count). The highest BCUT2D eigenvalue weighted by Crippen LogP contribution is 2.38. The van der Waals surface area contributed by atoms with Crippen LogP contribution < -0.4 is 10.2 Å². The maximum absolute atomic E-state index is 11.4. The fraction of sp³-hybridized carbons (Fsp3) is 0.286. The van der Waals surface area contributed by atoms with E-state index in [1.54, 1.807) is 18.7 Å². The second kappa shape index (κ2) is 10.4. The number of rotatable bonds is 9. The predicted octanol–water partition coefficient (Wildman–Crippen LogP) is 4.46. The summed E-state index contributed by atoms with van der Waals surface area (Å²) in [5, 5.41) is 17.3. The van der Waals surface area contributed by atoms with Gasteiger partial charge in [0.1, 0.15) is 5.75 Å². The van der Waals surface area contributed by atoms with Crippen molar-refractivity contribution < 1.29 is 14.7 Å². The summed E-state index contributed by atoms with van der Waals surface area (Å²) in [6, 6.07) is 12.8. The quantitative estimate of drug-likeness (QED) is 0.159. The molecular weight excluding hydrogens is 454 g/mol. The molecule has 0 spiro atoms. The van der Waals surface area contributed by atoms with Crippen molar-refractivity contribution >= 4 is 22.9 Å². The molecule has 8 heteroatoms. The molecule has 2 heterocycles. The first-order valence-corrected chi connectivity index (χ1v) is 12.2. The number of aryl methyl sites for hydroxylation is 2. The van der Waals surface area contributed by atoms with E-state index in [2.05, 4.69) is 51.4 Å². The topological polar surface area (TPSA) is 106 Å². The average molecular weight is 486 g/mol. The summed E-state index contributed by atoms with van der Waals surface area (Å²) >= 11 is 0. The number of hydroxylamine groups is 1. The monoisotopic (exact) mass is 485 g/mol. The molecule has 0 aliphatic heterocycles. The van der Waals surface area contributed by atoms with E-state index in [0.717, 1.165) is 54.9 Å². The number of hydrogen-bond acceptors (Lipinski definition) is 5. The van der Waals surface area contributed by atoms with Gasteiger partial charge in [-0.25, -0.2) is 5.48 Å². The molecule has 36 heavy (non-hydrogen) atoms. The predicted molar refractivity (Wildman–Crippen MR) is 139 cm³/mol. The van der Waals surface area contributed by atoms with Crippen LogP contribution >= 0.6 is 0 Å². The van der Waals surface area contributed by atoms with Crippen LogP contribution in [-0.2, 0) is 24.2 Å². The first-order valence-electron chi connectivity index (χ1n) is 12.2. The number of nitrogens with zero attached hydrogens (tertiary/aromatic N) is 2. The minimum Gasteiger partial charge on any atom is -0.497 e. The second-order valence-electron chi connectivity index (χ2n) is 9.29.